The van der Waals surface area contributed by atoms with Gasteiger partial charge in [0.15, 0.2) is 5.78 Å². The molecular formula is C17H23NO. The second kappa shape index (κ2) is 5.46. The van der Waals surface area contributed by atoms with Crippen molar-refractivity contribution in [2.45, 2.75) is 38.5 Å². The van der Waals surface area contributed by atoms with Crippen LogP contribution >= 0.6 is 0 Å². The summed E-state index contributed by atoms with van der Waals surface area (Å²) in [6, 6.07) is 9.70. The molecule has 1 heterocycles. The van der Waals surface area contributed by atoms with Crippen LogP contribution in [0.5, 0.6) is 0 Å². The molecule has 2 fully saturated rings. The molecule has 1 aromatic carbocycles. The number of benzene rings is 1. The minimum absolute atomic E-state index is 0.272. The monoisotopic (exact) mass is 257 g/mol. The molecule has 1 aromatic rings. The highest BCUT2D eigenvalue weighted by Gasteiger charge is 2.38. The Balaban J connectivity index is 1.58. The first kappa shape index (κ1) is 12.9. The maximum atomic E-state index is 12.2. The molecule has 102 valence electrons. The molecule has 1 saturated heterocycles. The van der Waals surface area contributed by atoms with E-state index in [-0.39, 0.29) is 5.78 Å². The van der Waals surface area contributed by atoms with Crippen LogP contribution in [0.4, 0.5) is 0 Å². The number of hydrogen-bond donors (Lipinski definition) is 0. The lowest BCUT2D eigenvalue weighted by molar-refractivity contribution is 0.0931. The fourth-order valence-electron chi connectivity index (χ4n) is 3.79. The van der Waals surface area contributed by atoms with Crippen LogP contribution in [0.2, 0.25) is 0 Å². The van der Waals surface area contributed by atoms with Gasteiger partial charge in [0.25, 0.3) is 0 Å². The lowest BCUT2D eigenvalue weighted by Crippen LogP contribution is -2.32. The zero-order chi connectivity index (χ0) is 13.1. The van der Waals surface area contributed by atoms with Gasteiger partial charge in [0.1, 0.15) is 0 Å². The van der Waals surface area contributed by atoms with Gasteiger partial charge in [0.05, 0.1) is 6.54 Å². The Labute approximate surface area is 115 Å². The van der Waals surface area contributed by atoms with Gasteiger partial charge in [0, 0.05) is 12.1 Å². The van der Waals surface area contributed by atoms with E-state index in [0.29, 0.717) is 12.0 Å². The van der Waals surface area contributed by atoms with Crippen molar-refractivity contribution in [1.82, 2.24) is 4.90 Å². The van der Waals surface area contributed by atoms with E-state index in [1.807, 2.05) is 30.3 Å². The average Bonchev–Trinajstić information content (AvgIpc) is 2.83. The van der Waals surface area contributed by atoms with E-state index in [1.165, 1.54) is 38.5 Å². The average molecular weight is 257 g/mol. The van der Waals surface area contributed by atoms with Gasteiger partial charge in [-0.3, -0.25) is 9.69 Å². The third-order valence-electron chi connectivity index (χ3n) is 4.89. The minimum Gasteiger partial charge on any atom is -0.295 e. The molecule has 3 rings (SSSR count). The molecule has 0 unspecified atom stereocenters. The number of rotatable bonds is 3. The number of carbonyl (C=O) groups is 1. The topological polar surface area (TPSA) is 20.3 Å². The summed E-state index contributed by atoms with van der Waals surface area (Å²) in [5.41, 5.74) is 1.40. The largest absolute Gasteiger partial charge is 0.295 e. The SMILES string of the molecule is O=C(CN1CCC2(CCCCC2)C1)c1ccccc1. The summed E-state index contributed by atoms with van der Waals surface area (Å²) in [4.78, 5) is 14.6. The van der Waals surface area contributed by atoms with Crippen molar-refractivity contribution in [3.8, 4) is 0 Å². The Hall–Kier alpha value is -1.15. The molecule has 0 N–H and O–H groups in total. The second-order valence-electron chi connectivity index (χ2n) is 6.31. The maximum absolute atomic E-state index is 12.2. The van der Waals surface area contributed by atoms with Crippen molar-refractivity contribution in [3.05, 3.63) is 35.9 Å². The van der Waals surface area contributed by atoms with Gasteiger partial charge >= 0.3 is 0 Å². The van der Waals surface area contributed by atoms with Crippen molar-refractivity contribution < 1.29 is 4.79 Å². The van der Waals surface area contributed by atoms with E-state index < -0.39 is 0 Å². The van der Waals surface area contributed by atoms with Crippen LogP contribution in [0.3, 0.4) is 0 Å². The molecule has 2 nitrogen and oxygen atoms in total. The van der Waals surface area contributed by atoms with E-state index in [1.54, 1.807) is 0 Å². The van der Waals surface area contributed by atoms with Crippen LogP contribution in [0.15, 0.2) is 30.3 Å². The smallest absolute Gasteiger partial charge is 0.176 e. The summed E-state index contributed by atoms with van der Waals surface area (Å²) >= 11 is 0. The molecule has 0 atom stereocenters. The zero-order valence-electron chi connectivity index (χ0n) is 11.6. The highest BCUT2D eigenvalue weighted by Crippen LogP contribution is 2.43. The summed E-state index contributed by atoms with van der Waals surface area (Å²) in [5.74, 6) is 0.272. The molecule has 1 aliphatic carbocycles. The van der Waals surface area contributed by atoms with Crippen molar-refractivity contribution in [1.29, 1.82) is 0 Å². The fourth-order valence-corrected chi connectivity index (χ4v) is 3.79. The summed E-state index contributed by atoms with van der Waals surface area (Å²) in [5, 5.41) is 0. The summed E-state index contributed by atoms with van der Waals surface area (Å²) in [6.45, 7) is 2.86. The third kappa shape index (κ3) is 2.89. The van der Waals surface area contributed by atoms with Crippen LogP contribution in [0.1, 0.15) is 48.9 Å². The first-order valence-corrected chi connectivity index (χ1v) is 7.58. The van der Waals surface area contributed by atoms with Crippen molar-refractivity contribution >= 4 is 5.78 Å². The molecule has 1 aliphatic heterocycles. The molecule has 0 amide bonds. The summed E-state index contributed by atoms with van der Waals surface area (Å²) < 4.78 is 0. The van der Waals surface area contributed by atoms with E-state index in [2.05, 4.69) is 4.90 Å². The highest BCUT2D eigenvalue weighted by atomic mass is 16.1. The second-order valence-corrected chi connectivity index (χ2v) is 6.31. The lowest BCUT2D eigenvalue weighted by Gasteiger charge is -2.33. The van der Waals surface area contributed by atoms with Gasteiger partial charge in [-0.2, -0.15) is 0 Å². The predicted octanol–water partition coefficient (Wildman–Crippen LogP) is 3.53. The van der Waals surface area contributed by atoms with Gasteiger partial charge in [0.2, 0.25) is 0 Å². The van der Waals surface area contributed by atoms with Crippen LogP contribution in [0, 0.1) is 5.41 Å². The molecule has 0 radical (unpaired) electrons. The first-order valence-electron chi connectivity index (χ1n) is 7.58. The Kier molecular flexibility index (Phi) is 3.69. The molecule has 0 bridgehead atoms. The molecule has 0 aromatic heterocycles. The maximum Gasteiger partial charge on any atom is 0.176 e. The standard InChI is InChI=1S/C17H23NO/c19-16(15-7-3-1-4-8-15)13-18-12-11-17(14-18)9-5-2-6-10-17/h1,3-4,7-8H,2,5-6,9-14H2. The third-order valence-corrected chi connectivity index (χ3v) is 4.89. The van der Waals surface area contributed by atoms with Gasteiger partial charge in [-0.15, -0.1) is 0 Å². The van der Waals surface area contributed by atoms with Crippen LogP contribution in [-0.2, 0) is 0 Å². The van der Waals surface area contributed by atoms with E-state index in [9.17, 15) is 4.79 Å². The number of likely N-dealkylation sites (tertiary alicyclic amines) is 1. The quantitative estimate of drug-likeness (QED) is 0.772. The lowest BCUT2D eigenvalue weighted by atomic mass is 9.73. The minimum atomic E-state index is 0.272. The Morgan fingerprint density at radius 2 is 1.79 bits per heavy atom. The summed E-state index contributed by atoms with van der Waals surface area (Å²) in [7, 11) is 0. The molecular weight excluding hydrogens is 234 g/mol. The van der Waals surface area contributed by atoms with Crippen LogP contribution < -0.4 is 0 Å². The van der Waals surface area contributed by atoms with Crippen LogP contribution in [-0.4, -0.2) is 30.3 Å². The van der Waals surface area contributed by atoms with Crippen molar-refractivity contribution in [2.24, 2.45) is 5.41 Å². The predicted molar refractivity (Wildman–Crippen MR) is 77.3 cm³/mol. The van der Waals surface area contributed by atoms with E-state index >= 15 is 0 Å². The molecule has 2 aliphatic rings. The molecule has 1 spiro atoms. The fraction of sp³-hybridized carbons (Fsp3) is 0.588. The van der Waals surface area contributed by atoms with Gasteiger partial charge in [-0.05, 0) is 31.2 Å². The Morgan fingerprint density at radius 3 is 2.53 bits per heavy atom. The molecule has 2 heteroatoms. The molecule has 1 saturated carbocycles. The van der Waals surface area contributed by atoms with Crippen molar-refractivity contribution in [2.75, 3.05) is 19.6 Å². The normalized spacial score (nSPS) is 22.7. The Bertz CT molecular complexity index is 434. The zero-order valence-corrected chi connectivity index (χ0v) is 11.6. The highest BCUT2D eigenvalue weighted by molar-refractivity contribution is 5.97. The number of Topliss-reactive ketones (excluding diaryl/α,β-unsaturated/α-hetero) is 1. The van der Waals surface area contributed by atoms with E-state index in [0.717, 1.165) is 18.7 Å². The van der Waals surface area contributed by atoms with Gasteiger partial charge in [-0.1, -0.05) is 49.6 Å². The number of ketones is 1. The van der Waals surface area contributed by atoms with Crippen molar-refractivity contribution in [3.63, 3.8) is 0 Å². The number of nitrogens with zero attached hydrogens (tertiary/aromatic N) is 1. The van der Waals surface area contributed by atoms with E-state index in [4.69, 9.17) is 0 Å². The Morgan fingerprint density at radius 1 is 1.05 bits per heavy atom. The number of carbonyl (C=O) groups excluding carboxylic acids is 1. The molecule has 19 heavy (non-hydrogen) atoms. The van der Waals surface area contributed by atoms with Gasteiger partial charge < -0.3 is 0 Å². The summed E-state index contributed by atoms with van der Waals surface area (Å²) in [6.07, 6.45) is 8.24. The van der Waals surface area contributed by atoms with Gasteiger partial charge in [-0.25, -0.2) is 0 Å². The first-order chi connectivity index (χ1) is 9.27. The number of hydrogen-bond acceptors (Lipinski definition) is 2. The van der Waals surface area contributed by atoms with Crippen LogP contribution in [0.25, 0.3) is 0 Å².